The number of alkyl halides is 6. The molecular weight excluding hydrogens is 463 g/mol. The van der Waals surface area contributed by atoms with Crippen LogP contribution in [0.5, 0.6) is 5.75 Å². The van der Waals surface area contributed by atoms with Crippen LogP contribution in [0.15, 0.2) is 42.9 Å². The molecule has 0 aliphatic rings. The number of ether oxygens (including phenoxy) is 1. The minimum absolute atomic E-state index is 0.0509. The molecule has 0 spiro atoms. The first kappa shape index (κ1) is 23.9. The van der Waals surface area contributed by atoms with E-state index >= 15 is 0 Å². The summed E-state index contributed by atoms with van der Waals surface area (Å²) >= 11 is 0. The average molecular weight is 477 g/mol. The van der Waals surface area contributed by atoms with Crippen molar-refractivity contribution in [1.29, 1.82) is 0 Å². The summed E-state index contributed by atoms with van der Waals surface area (Å²) in [5.41, 5.74) is -1.93. The zero-order chi connectivity index (χ0) is 24.4. The van der Waals surface area contributed by atoms with Crippen LogP contribution in [-0.4, -0.2) is 38.4 Å². The summed E-state index contributed by atoms with van der Waals surface area (Å²) < 4.78 is 95.1. The van der Waals surface area contributed by atoms with Gasteiger partial charge >= 0.3 is 12.4 Å². The third-order valence-corrected chi connectivity index (χ3v) is 4.09. The number of hydrogen-bond donors (Lipinski definition) is 1. The summed E-state index contributed by atoms with van der Waals surface area (Å²) in [5, 5.41) is 6.43. The van der Waals surface area contributed by atoms with Crippen molar-refractivity contribution in [2.75, 3.05) is 6.61 Å². The van der Waals surface area contributed by atoms with Gasteiger partial charge in [-0.05, 0) is 37.3 Å². The van der Waals surface area contributed by atoms with E-state index in [0.29, 0.717) is 12.1 Å². The van der Waals surface area contributed by atoms with Gasteiger partial charge in [0, 0.05) is 5.56 Å². The maximum absolute atomic E-state index is 13.1. The molecular formula is C19H14F7N5O2. The molecule has 1 amide bonds. The van der Waals surface area contributed by atoms with Crippen molar-refractivity contribution in [2.24, 2.45) is 0 Å². The van der Waals surface area contributed by atoms with Crippen LogP contribution in [0.2, 0.25) is 0 Å². The molecule has 0 aliphatic heterocycles. The van der Waals surface area contributed by atoms with Crippen LogP contribution in [0.25, 0.3) is 5.82 Å². The summed E-state index contributed by atoms with van der Waals surface area (Å²) in [4.78, 5) is 20.3. The summed E-state index contributed by atoms with van der Waals surface area (Å²) in [6.07, 6.45) is -7.53. The molecule has 33 heavy (non-hydrogen) atoms. The minimum Gasteiger partial charge on any atom is -0.484 e. The van der Waals surface area contributed by atoms with Crippen LogP contribution in [0, 0.1) is 5.82 Å². The van der Waals surface area contributed by atoms with Gasteiger partial charge in [-0.2, -0.15) is 26.3 Å². The molecule has 1 atom stereocenters. The van der Waals surface area contributed by atoms with Gasteiger partial charge in [0.25, 0.3) is 5.91 Å². The van der Waals surface area contributed by atoms with E-state index in [1.165, 1.54) is 24.0 Å². The Kier molecular flexibility index (Phi) is 6.56. The molecule has 3 aromatic rings. The SMILES string of the molecule is CC(NC(=O)c1cc(OCC(F)(F)F)cc(C(F)(F)F)c1)c1ncn(-c2ccc(F)cn2)n1. The summed E-state index contributed by atoms with van der Waals surface area (Å²) in [6, 6.07) is 3.16. The first-order valence-corrected chi connectivity index (χ1v) is 9.08. The standard InChI is InChI=1S/C19H14F7N5O2/c1-10(16-28-9-31(30-16)15-3-2-13(20)7-27-15)29-17(32)11-4-12(19(24,25)26)6-14(5-11)33-8-18(21,22)23/h2-7,9-10H,8H2,1H3,(H,29,32). The summed E-state index contributed by atoms with van der Waals surface area (Å²) in [5.74, 6) is -2.10. The second-order valence-electron chi connectivity index (χ2n) is 6.72. The molecule has 1 aromatic carbocycles. The highest BCUT2D eigenvalue weighted by Gasteiger charge is 2.33. The Morgan fingerprint density at radius 2 is 1.85 bits per heavy atom. The summed E-state index contributed by atoms with van der Waals surface area (Å²) in [6.45, 7) is -0.394. The van der Waals surface area contributed by atoms with Gasteiger partial charge in [-0.1, -0.05) is 0 Å². The number of pyridine rings is 1. The highest BCUT2D eigenvalue weighted by molar-refractivity contribution is 5.95. The van der Waals surface area contributed by atoms with Gasteiger partial charge in [0.2, 0.25) is 0 Å². The van der Waals surface area contributed by atoms with E-state index in [4.69, 9.17) is 0 Å². The van der Waals surface area contributed by atoms with Gasteiger partial charge in [-0.15, -0.1) is 5.10 Å². The number of nitrogens with one attached hydrogen (secondary N) is 1. The predicted molar refractivity (Wildman–Crippen MR) is 98.0 cm³/mol. The van der Waals surface area contributed by atoms with E-state index in [9.17, 15) is 35.5 Å². The quantitative estimate of drug-likeness (QED) is 0.537. The van der Waals surface area contributed by atoms with Crippen molar-refractivity contribution in [3.05, 3.63) is 65.6 Å². The Bertz CT molecular complexity index is 1130. The fraction of sp³-hybridized carbons (Fsp3) is 0.263. The largest absolute Gasteiger partial charge is 0.484 e. The summed E-state index contributed by atoms with van der Waals surface area (Å²) in [7, 11) is 0. The van der Waals surface area contributed by atoms with Crippen LogP contribution in [0.4, 0.5) is 30.7 Å². The monoisotopic (exact) mass is 477 g/mol. The van der Waals surface area contributed by atoms with Gasteiger partial charge in [0.15, 0.2) is 18.2 Å². The molecule has 2 aromatic heterocycles. The molecule has 7 nitrogen and oxygen atoms in total. The lowest BCUT2D eigenvalue weighted by atomic mass is 10.1. The molecule has 14 heteroatoms. The van der Waals surface area contributed by atoms with Crippen LogP contribution < -0.4 is 10.1 Å². The van der Waals surface area contributed by atoms with Crippen LogP contribution >= 0.6 is 0 Å². The number of carbonyl (C=O) groups excluding carboxylic acids is 1. The Balaban J connectivity index is 1.79. The smallest absolute Gasteiger partial charge is 0.422 e. The fourth-order valence-corrected chi connectivity index (χ4v) is 2.58. The van der Waals surface area contributed by atoms with E-state index in [2.05, 4.69) is 25.1 Å². The number of halogens is 7. The zero-order valence-corrected chi connectivity index (χ0v) is 16.6. The first-order valence-electron chi connectivity index (χ1n) is 9.08. The van der Waals surface area contributed by atoms with E-state index in [0.717, 1.165) is 18.3 Å². The Morgan fingerprint density at radius 1 is 1.12 bits per heavy atom. The lowest BCUT2D eigenvalue weighted by Crippen LogP contribution is -2.28. The Morgan fingerprint density at radius 3 is 2.45 bits per heavy atom. The number of amides is 1. The Labute approximate surface area is 181 Å². The predicted octanol–water partition coefficient (Wildman–Crippen LogP) is 4.25. The van der Waals surface area contributed by atoms with E-state index in [1.54, 1.807) is 0 Å². The van der Waals surface area contributed by atoms with Crippen molar-refractivity contribution in [3.63, 3.8) is 0 Å². The molecule has 0 bridgehead atoms. The molecule has 0 aliphatic carbocycles. The number of benzene rings is 1. The zero-order valence-electron chi connectivity index (χ0n) is 16.6. The maximum Gasteiger partial charge on any atom is 0.422 e. The van der Waals surface area contributed by atoms with Gasteiger partial charge < -0.3 is 10.1 Å². The normalized spacial score (nSPS) is 13.0. The molecule has 1 N–H and O–H groups in total. The number of nitrogens with zero attached hydrogens (tertiary/aromatic N) is 4. The van der Waals surface area contributed by atoms with Gasteiger partial charge in [-0.25, -0.2) is 19.0 Å². The lowest BCUT2D eigenvalue weighted by Gasteiger charge is -2.15. The van der Waals surface area contributed by atoms with Gasteiger partial charge in [0.05, 0.1) is 17.8 Å². The molecule has 0 fully saturated rings. The van der Waals surface area contributed by atoms with Crippen LogP contribution in [0.3, 0.4) is 0 Å². The number of hydrogen-bond acceptors (Lipinski definition) is 5. The number of aromatic nitrogens is 4. The molecule has 0 saturated carbocycles. The molecule has 2 heterocycles. The second kappa shape index (κ2) is 9.03. The van der Waals surface area contributed by atoms with E-state index < -0.39 is 53.6 Å². The maximum atomic E-state index is 13.1. The van der Waals surface area contributed by atoms with Crippen molar-refractivity contribution < 1.29 is 40.3 Å². The van der Waals surface area contributed by atoms with E-state index in [1.807, 2.05) is 0 Å². The van der Waals surface area contributed by atoms with Crippen molar-refractivity contribution in [3.8, 4) is 11.6 Å². The molecule has 176 valence electrons. The molecule has 0 saturated heterocycles. The highest BCUT2D eigenvalue weighted by atomic mass is 19.4. The van der Waals surface area contributed by atoms with E-state index in [-0.39, 0.29) is 11.6 Å². The third kappa shape index (κ3) is 6.40. The molecule has 1 unspecified atom stereocenters. The van der Waals surface area contributed by atoms with Crippen molar-refractivity contribution in [1.82, 2.24) is 25.1 Å². The number of carbonyl (C=O) groups is 1. The average Bonchev–Trinajstić information content (AvgIpc) is 3.22. The third-order valence-electron chi connectivity index (χ3n) is 4.09. The fourth-order valence-electron chi connectivity index (χ4n) is 2.58. The van der Waals surface area contributed by atoms with Crippen molar-refractivity contribution in [2.45, 2.75) is 25.3 Å². The number of rotatable bonds is 6. The minimum atomic E-state index is -4.93. The molecule has 0 radical (unpaired) electrons. The highest BCUT2D eigenvalue weighted by Crippen LogP contribution is 2.33. The Hall–Kier alpha value is -3.71. The van der Waals surface area contributed by atoms with Crippen molar-refractivity contribution >= 4 is 5.91 Å². The topological polar surface area (TPSA) is 81.9 Å². The first-order chi connectivity index (χ1) is 15.3. The second-order valence-corrected chi connectivity index (χ2v) is 6.72. The molecule has 3 rings (SSSR count). The van der Waals surface area contributed by atoms with Gasteiger partial charge in [-0.3, -0.25) is 4.79 Å². The lowest BCUT2D eigenvalue weighted by molar-refractivity contribution is -0.153. The van der Waals surface area contributed by atoms with Crippen LogP contribution in [-0.2, 0) is 6.18 Å². The van der Waals surface area contributed by atoms with Crippen LogP contribution in [0.1, 0.15) is 34.7 Å². The van der Waals surface area contributed by atoms with Gasteiger partial charge in [0.1, 0.15) is 17.9 Å².